The molecule has 2 atom stereocenters. The second-order valence-electron chi connectivity index (χ2n) is 10.0. The Hall–Kier alpha value is -3.06. The van der Waals surface area contributed by atoms with E-state index in [1.807, 2.05) is 59.7 Å². The van der Waals surface area contributed by atoms with E-state index in [0.29, 0.717) is 12.3 Å². The molecular formula is C39H66N2O2. The van der Waals surface area contributed by atoms with E-state index in [2.05, 4.69) is 77.5 Å². The molecule has 1 aromatic carbocycles. The van der Waals surface area contributed by atoms with Gasteiger partial charge < -0.3 is 9.64 Å². The minimum Gasteiger partial charge on any atom is -0.494 e. The fourth-order valence-corrected chi connectivity index (χ4v) is 4.37. The predicted octanol–water partition coefficient (Wildman–Crippen LogP) is 11.1. The Morgan fingerprint density at radius 1 is 1.09 bits per heavy atom. The van der Waals surface area contributed by atoms with Crippen molar-refractivity contribution in [2.24, 2.45) is 16.8 Å². The van der Waals surface area contributed by atoms with E-state index < -0.39 is 0 Å². The van der Waals surface area contributed by atoms with E-state index in [0.717, 1.165) is 48.0 Å². The molecule has 1 aliphatic rings. The van der Waals surface area contributed by atoms with Crippen LogP contribution in [-0.2, 0) is 4.79 Å². The first kappa shape index (κ1) is 44.4. The largest absolute Gasteiger partial charge is 0.494 e. The summed E-state index contributed by atoms with van der Waals surface area (Å²) in [7, 11) is 0. The lowest BCUT2D eigenvalue weighted by molar-refractivity contribution is -0.112. The van der Waals surface area contributed by atoms with Gasteiger partial charge >= 0.3 is 0 Å². The minimum atomic E-state index is -0.0158. The summed E-state index contributed by atoms with van der Waals surface area (Å²) >= 11 is 0. The number of carbonyl (C=O) groups excluding carboxylic acids is 1. The fourth-order valence-electron chi connectivity index (χ4n) is 4.37. The van der Waals surface area contributed by atoms with Crippen molar-refractivity contribution < 1.29 is 9.53 Å². The van der Waals surface area contributed by atoms with Crippen molar-refractivity contribution in [3.63, 3.8) is 0 Å². The van der Waals surface area contributed by atoms with Crippen LogP contribution in [0.15, 0.2) is 53.2 Å². The van der Waals surface area contributed by atoms with Crippen LogP contribution >= 0.6 is 0 Å². The van der Waals surface area contributed by atoms with Crippen LogP contribution in [0, 0.1) is 31.6 Å². The second kappa shape index (κ2) is 29.0. The standard InChI is InChI=1S/C30H44N2O2.C3H8.2C2H6.C2H2/c1-8-12-25-17-18-32(21-25)27(10-3)15-16-28(22(5)9-2)31-29(19-24(7)33)26-14-13-23(6)30(20-26)34-11-4;1-3-2;3*1-2/h10,13-16,19-20,22,25H,8-9,11-12,17-18,21H2,1-7H3;3H2,1-2H3;2*1-2H3;1-2H/b16-15-,27-10+,29-19-,31-28+;;;;/t22?,25-;;;;/m0..../s1. The van der Waals surface area contributed by atoms with Gasteiger partial charge in [0.25, 0.3) is 0 Å². The highest BCUT2D eigenvalue weighted by atomic mass is 16.5. The second-order valence-corrected chi connectivity index (χ2v) is 10.0. The molecule has 244 valence electrons. The van der Waals surface area contributed by atoms with Gasteiger partial charge in [-0.2, -0.15) is 0 Å². The maximum Gasteiger partial charge on any atom is 0.154 e. The van der Waals surface area contributed by atoms with Crippen molar-refractivity contribution in [3.05, 3.63) is 59.3 Å². The van der Waals surface area contributed by atoms with E-state index in [1.54, 1.807) is 13.0 Å². The third kappa shape index (κ3) is 18.3. The van der Waals surface area contributed by atoms with Gasteiger partial charge in [0.15, 0.2) is 5.78 Å². The van der Waals surface area contributed by atoms with Gasteiger partial charge in [-0.15, -0.1) is 12.8 Å². The topological polar surface area (TPSA) is 41.9 Å². The molecule has 0 radical (unpaired) electrons. The maximum atomic E-state index is 12.1. The van der Waals surface area contributed by atoms with Crippen LogP contribution in [0.1, 0.15) is 126 Å². The normalized spacial score (nSPS) is 15.5. The van der Waals surface area contributed by atoms with Gasteiger partial charge in [-0.05, 0) is 82.6 Å². The molecule has 1 aliphatic heterocycles. The number of benzene rings is 1. The molecule has 1 heterocycles. The quantitative estimate of drug-likeness (QED) is 0.105. The predicted molar refractivity (Wildman–Crippen MR) is 194 cm³/mol. The molecule has 1 unspecified atom stereocenters. The summed E-state index contributed by atoms with van der Waals surface area (Å²) in [6.45, 7) is 29.4. The molecular weight excluding hydrogens is 528 g/mol. The molecule has 0 aromatic heterocycles. The number of hydrogen-bond donors (Lipinski definition) is 0. The van der Waals surface area contributed by atoms with Gasteiger partial charge in [-0.25, -0.2) is 0 Å². The maximum absolute atomic E-state index is 12.1. The minimum absolute atomic E-state index is 0.0158. The van der Waals surface area contributed by atoms with Crippen molar-refractivity contribution in [2.45, 2.75) is 122 Å². The number of hydrogen-bond acceptors (Lipinski definition) is 4. The zero-order valence-electron chi connectivity index (χ0n) is 30.2. The number of likely N-dealkylation sites (tertiary alicyclic amines) is 1. The number of aliphatic imine (C=N–C) groups is 1. The highest BCUT2D eigenvalue weighted by Crippen LogP contribution is 2.27. The summed E-state index contributed by atoms with van der Waals surface area (Å²) in [6, 6.07) is 6.04. The highest BCUT2D eigenvalue weighted by Gasteiger charge is 2.22. The lowest BCUT2D eigenvalue weighted by Crippen LogP contribution is -2.19. The van der Waals surface area contributed by atoms with Crippen LogP contribution in [-0.4, -0.2) is 36.1 Å². The van der Waals surface area contributed by atoms with E-state index in [-0.39, 0.29) is 11.7 Å². The van der Waals surface area contributed by atoms with Crippen molar-refractivity contribution in [3.8, 4) is 18.6 Å². The first-order valence-corrected chi connectivity index (χ1v) is 16.7. The Kier molecular flexibility index (Phi) is 30.0. The smallest absolute Gasteiger partial charge is 0.154 e. The first-order valence-electron chi connectivity index (χ1n) is 16.7. The fraction of sp³-hybridized carbons (Fsp3) is 0.590. The molecule has 0 bridgehead atoms. The summed E-state index contributed by atoms with van der Waals surface area (Å²) in [5, 5.41) is 0. The Morgan fingerprint density at radius 2 is 1.70 bits per heavy atom. The number of terminal acetylenes is 1. The van der Waals surface area contributed by atoms with Crippen LogP contribution in [0.4, 0.5) is 0 Å². The summed E-state index contributed by atoms with van der Waals surface area (Å²) in [5.74, 6) is 1.88. The van der Waals surface area contributed by atoms with Crippen LogP contribution in [0.25, 0.3) is 5.70 Å². The Balaban J connectivity index is -0.00000160. The van der Waals surface area contributed by atoms with Gasteiger partial charge in [-0.3, -0.25) is 9.79 Å². The lowest BCUT2D eigenvalue weighted by Gasteiger charge is -2.20. The molecule has 4 nitrogen and oxygen atoms in total. The van der Waals surface area contributed by atoms with Crippen LogP contribution in [0.5, 0.6) is 5.75 Å². The third-order valence-electron chi connectivity index (χ3n) is 6.56. The average molecular weight is 595 g/mol. The summed E-state index contributed by atoms with van der Waals surface area (Å²) in [5.41, 5.74) is 4.88. The third-order valence-corrected chi connectivity index (χ3v) is 6.56. The summed E-state index contributed by atoms with van der Waals surface area (Å²) < 4.78 is 5.79. The molecule has 0 aliphatic carbocycles. The van der Waals surface area contributed by atoms with Gasteiger partial charge in [0.2, 0.25) is 0 Å². The van der Waals surface area contributed by atoms with E-state index in [4.69, 9.17) is 9.73 Å². The Labute approximate surface area is 267 Å². The number of nitrogens with zero attached hydrogens (tertiary/aromatic N) is 2. The van der Waals surface area contributed by atoms with Crippen LogP contribution in [0.3, 0.4) is 0 Å². The number of allylic oxidation sites excluding steroid dienone is 4. The zero-order valence-corrected chi connectivity index (χ0v) is 30.2. The molecule has 0 saturated carbocycles. The Bertz CT molecular complexity index is 998. The molecule has 0 N–H and O–H groups in total. The SMILES string of the molecule is C#C.CC.CC.CCC.C\C=C(/C=C\C(=N/C(=C\C(C)=O)c1ccc(C)c(OCC)c1)C(C)CC)N1CC[C@H](CCC)C1. The van der Waals surface area contributed by atoms with Crippen molar-refractivity contribution >= 4 is 17.2 Å². The molecule has 43 heavy (non-hydrogen) atoms. The molecule has 1 fully saturated rings. The first-order chi connectivity index (χ1) is 20.7. The lowest BCUT2D eigenvalue weighted by atomic mass is 10.0. The summed E-state index contributed by atoms with van der Waals surface area (Å²) in [6.07, 6.45) is 22.2. The molecule has 0 amide bonds. The molecule has 0 spiro atoms. The molecule has 1 aromatic rings. The number of rotatable bonds is 12. The van der Waals surface area contributed by atoms with Crippen molar-refractivity contribution in [1.29, 1.82) is 0 Å². The van der Waals surface area contributed by atoms with Crippen molar-refractivity contribution in [1.82, 2.24) is 4.90 Å². The average Bonchev–Trinajstić information content (AvgIpc) is 3.49. The zero-order chi connectivity index (χ0) is 33.8. The number of ether oxygens (including phenoxy) is 1. The highest BCUT2D eigenvalue weighted by molar-refractivity contribution is 6.03. The molecule has 4 heteroatoms. The van der Waals surface area contributed by atoms with Crippen molar-refractivity contribution in [2.75, 3.05) is 19.7 Å². The monoisotopic (exact) mass is 595 g/mol. The van der Waals surface area contributed by atoms with Gasteiger partial charge in [0.05, 0.1) is 12.3 Å². The van der Waals surface area contributed by atoms with Gasteiger partial charge in [0, 0.05) is 36.1 Å². The number of carbonyl (C=O) groups is 1. The molecule has 2 rings (SSSR count). The van der Waals surface area contributed by atoms with E-state index in [9.17, 15) is 4.79 Å². The van der Waals surface area contributed by atoms with E-state index >= 15 is 0 Å². The summed E-state index contributed by atoms with van der Waals surface area (Å²) in [4.78, 5) is 19.6. The van der Waals surface area contributed by atoms with Gasteiger partial charge in [-0.1, -0.05) is 93.4 Å². The van der Waals surface area contributed by atoms with E-state index in [1.165, 1.54) is 31.4 Å². The van der Waals surface area contributed by atoms with Crippen LogP contribution < -0.4 is 4.74 Å². The van der Waals surface area contributed by atoms with Gasteiger partial charge in [0.1, 0.15) is 5.75 Å². The Morgan fingerprint density at radius 3 is 2.19 bits per heavy atom. The molecule has 1 saturated heterocycles. The number of ketones is 1. The number of aryl methyl sites for hydroxylation is 1. The van der Waals surface area contributed by atoms with Crippen LogP contribution in [0.2, 0.25) is 0 Å².